The molecule has 0 spiro atoms. The van der Waals surface area contributed by atoms with Gasteiger partial charge in [-0.15, -0.1) is 0 Å². The fourth-order valence-corrected chi connectivity index (χ4v) is 3.14. The van der Waals surface area contributed by atoms with Gasteiger partial charge in [0.25, 0.3) is 0 Å². The minimum absolute atomic E-state index is 0.735. The summed E-state index contributed by atoms with van der Waals surface area (Å²) in [7, 11) is 0. The standard InChI is InChI=1S/C24H36N2O/c1-4-6-7-8-10-17-22-19-25-23(21-15-11-9-12-16-21)26-24(22)27-18-13-14-20(3)5-2/h9,11-12,15-16,19-20H,4-8,10,13-14,17-18H2,1-3H3. The molecule has 0 radical (unpaired) electrons. The Hall–Kier alpha value is -1.90. The molecule has 0 aliphatic heterocycles. The maximum absolute atomic E-state index is 6.12. The molecule has 0 saturated carbocycles. The van der Waals surface area contributed by atoms with E-state index in [2.05, 4.69) is 25.8 Å². The number of hydrogen-bond donors (Lipinski definition) is 0. The molecule has 1 unspecified atom stereocenters. The average molecular weight is 369 g/mol. The first-order valence-corrected chi connectivity index (χ1v) is 10.8. The van der Waals surface area contributed by atoms with E-state index in [1.54, 1.807) is 0 Å². The molecule has 2 aromatic rings. The largest absolute Gasteiger partial charge is 0.477 e. The van der Waals surface area contributed by atoms with E-state index in [-0.39, 0.29) is 0 Å². The van der Waals surface area contributed by atoms with Gasteiger partial charge in [-0.25, -0.2) is 4.98 Å². The summed E-state index contributed by atoms with van der Waals surface area (Å²) in [6.07, 6.45) is 12.8. The van der Waals surface area contributed by atoms with Gasteiger partial charge in [0, 0.05) is 17.3 Å². The number of benzene rings is 1. The van der Waals surface area contributed by atoms with Crippen LogP contribution in [0.1, 0.15) is 77.7 Å². The van der Waals surface area contributed by atoms with Gasteiger partial charge in [0.05, 0.1) is 6.61 Å². The zero-order valence-corrected chi connectivity index (χ0v) is 17.4. The quantitative estimate of drug-likeness (QED) is 0.362. The summed E-state index contributed by atoms with van der Waals surface area (Å²) in [5.74, 6) is 2.29. The van der Waals surface area contributed by atoms with E-state index in [9.17, 15) is 0 Å². The second-order valence-electron chi connectivity index (χ2n) is 7.56. The van der Waals surface area contributed by atoms with Crippen molar-refractivity contribution in [3.63, 3.8) is 0 Å². The van der Waals surface area contributed by atoms with Crippen LogP contribution in [0.2, 0.25) is 0 Å². The number of aryl methyl sites for hydroxylation is 1. The van der Waals surface area contributed by atoms with E-state index in [1.165, 1.54) is 44.9 Å². The maximum Gasteiger partial charge on any atom is 0.220 e. The fourth-order valence-electron chi connectivity index (χ4n) is 3.14. The van der Waals surface area contributed by atoms with E-state index in [1.807, 2.05) is 36.5 Å². The molecule has 1 aromatic carbocycles. The average Bonchev–Trinajstić information content (AvgIpc) is 2.72. The number of aromatic nitrogens is 2. The molecule has 0 amide bonds. The van der Waals surface area contributed by atoms with Crippen LogP contribution in [0.25, 0.3) is 11.4 Å². The van der Waals surface area contributed by atoms with Crippen molar-refractivity contribution < 1.29 is 4.74 Å². The predicted octanol–water partition coefficient (Wildman–Crippen LogP) is 6.86. The second kappa shape index (κ2) is 12.5. The number of nitrogens with zero attached hydrogens (tertiary/aromatic N) is 2. The van der Waals surface area contributed by atoms with Crippen molar-refractivity contribution in [2.75, 3.05) is 6.61 Å². The SMILES string of the molecule is CCCCCCCc1cnc(-c2ccccc2)nc1OCCCC(C)CC. The smallest absolute Gasteiger partial charge is 0.220 e. The van der Waals surface area contributed by atoms with Gasteiger partial charge in [0.2, 0.25) is 5.88 Å². The molecule has 0 N–H and O–H groups in total. The van der Waals surface area contributed by atoms with Gasteiger partial charge in [0.1, 0.15) is 0 Å². The molecule has 0 aliphatic carbocycles. The Balaban J connectivity index is 2.02. The molecule has 0 aliphatic rings. The van der Waals surface area contributed by atoms with Crippen molar-refractivity contribution in [2.24, 2.45) is 5.92 Å². The molecule has 0 fully saturated rings. The molecule has 0 bridgehead atoms. The van der Waals surface area contributed by atoms with E-state index in [0.29, 0.717) is 0 Å². The van der Waals surface area contributed by atoms with Crippen LogP contribution < -0.4 is 4.74 Å². The molecule has 1 aromatic heterocycles. The third-order valence-electron chi connectivity index (χ3n) is 5.18. The second-order valence-corrected chi connectivity index (χ2v) is 7.56. The number of unbranched alkanes of at least 4 members (excludes halogenated alkanes) is 4. The minimum atomic E-state index is 0.735. The fraction of sp³-hybridized carbons (Fsp3) is 0.583. The molecular weight excluding hydrogens is 332 g/mol. The highest BCUT2D eigenvalue weighted by Gasteiger charge is 2.10. The van der Waals surface area contributed by atoms with E-state index in [4.69, 9.17) is 9.72 Å². The summed E-state index contributed by atoms with van der Waals surface area (Å²) in [6, 6.07) is 10.2. The molecule has 3 heteroatoms. The van der Waals surface area contributed by atoms with Crippen molar-refractivity contribution in [3.05, 3.63) is 42.1 Å². The third-order valence-corrected chi connectivity index (χ3v) is 5.18. The first-order chi connectivity index (χ1) is 13.2. The monoisotopic (exact) mass is 368 g/mol. The van der Waals surface area contributed by atoms with Crippen molar-refractivity contribution in [1.29, 1.82) is 0 Å². The zero-order valence-electron chi connectivity index (χ0n) is 17.4. The van der Waals surface area contributed by atoms with E-state index in [0.717, 1.165) is 48.2 Å². The van der Waals surface area contributed by atoms with Gasteiger partial charge in [-0.2, -0.15) is 4.98 Å². The lowest BCUT2D eigenvalue weighted by Crippen LogP contribution is -2.06. The lowest BCUT2D eigenvalue weighted by atomic mass is 10.0. The van der Waals surface area contributed by atoms with Crippen LogP contribution in [-0.4, -0.2) is 16.6 Å². The Morgan fingerprint density at radius 3 is 2.48 bits per heavy atom. The van der Waals surface area contributed by atoms with Gasteiger partial charge in [-0.3, -0.25) is 0 Å². The first-order valence-electron chi connectivity index (χ1n) is 10.8. The third kappa shape index (κ3) is 7.70. The summed E-state index contributed by atoms with van der Waals surface area (Å²) in [4.78, 5) is 9.36. The lowest BCUT2D eigenvalue weighted by Gasteiger charge is -2.13. The molecule has 1 heterocycles. The Morgan fingerprint density at radius 1 is 0.963 bits per heavy atom. The first kappa shape index (κ1) is 21.4. The van der Waals surface area contributed by atoms with Crippen molar-refractivity contribution in [2.45, 2.75) is 78.6 Å². The van der Waals surface area contributed by atoms with Gasteiger partial charge in [0.15, 0.2) is 5.82 Å². The topological polar surface area (TPSA) is 35.0 Å². The van der Waals surface area contributed by atoms with Crippen LogP contribution in [0.15, 0.2) is 36.5 Å². The highest BCUT2D eigenvalue weighted by molar-refractivity contribution is 5.55. The van der Waals surface area contributed by atoms with Crippen LogP contribution >= 0.6 is 0 Å². The van der Waals surface area contributed by atoms with Crippen LogP contribution in [-0.2, 0) is 6.42 Å². The summed E-state index contributed by atoms with van der Waals surface area (Å²) in [5, 5.41) is 0. The van der Waals surface area contributed by atoms with Crippen LogP contribution in [0, 0.1) is 5.92 Å². The molecule has 27 heavy (non-hydrogen) atoms. The summed E-state index contributed by atoms with van der Waals surface area (Å²) >= 11 is 0. The number of ether oxygens (including phenoxy) is 1. The van der Waals surface area contributed by atoms with Gasteiger partial charge >= 0.3 is 0 Å². The molecule has 1 atom stereocenters. The van der Waals surface area contributed by atoms with Crippen molar-refractivity contribution in [1.82, 2.24) is 9.97 Å². The van der Waals surface area contributed by atoms with Crippen molar-refractivity contribution in [3.8, 4) is 17.3 Å². The Labute approximate surface area is 165 Å². The molecule has 148 valence electrons. The number of hydrogen-bond acceptors (Lipinski definition) is 3. The summed E-state index contributed by atoms with van der Waals surface area (Å²) < 4.78 is 6.12. The van der Waals surface area contributed by atoms with E-state index < -0.39 is 0 Å². The minimum Gasteiger partial charge on any atom is -0.477 e. The van der Waals surface area contributed by atoms with Gasteiger partial charge in [-0.05, 0) is 31.6 Å². The molecule has 2 rings (SSSR count). The Morgan fingerprint density at radius 2 is 1.74 bits per heavy atom. The molecular formula is C24H36N2O. The van der Waals surface area contributed by atoms with Crippen LogP contribution in [0.4, 0.5) is 0 Å². The normalized spacial score (nSPS) is 12.1. The number of rotatable bonds is 13. The lowest BCUT2D eigenvalue weighted by molar-refractivity contribution is 0.280. The molecule has 3 nitrogen and oxygen atoms in total. The van der Waals surface area contributed by atoms with Gasteiger partial charge in [-0.1, -0.05) is 83.2 Å². The van der Waals surface area contributed by atoms with Crippen LogP contribution in [0.3, 0.4) is 0 Å². The highest BCUT2D eigenvalue weighted by atomic mass is 16.5. The highest BCUT2D eigenvalue weighted by Crippen LogP contribution is 2.23. The van der Waals surface area contributed by atoms with E-state index >= 15 is 0 Å². The Bertz CT molecular complexity index is 642. The maximum atomic E-state index is 6.12. The summed E-state index contributed by atoms with van der Waals surface area (Å²) in [6.45, 7) is 7.54. The van der Waals surface area contributed by atoms with Gasteiger partial charge < -0.3 is 4.74 Å². The molecule has 0 saturated heterocycles. The van der Waals surface area contributed by atoms with Crippen LogP contribution in [0.5, 0.6) is 5.88 Å². The Kier molecular flexibility index (Phi) is 9.89. The summed E-state index contributed by atoms with van der Waals surface area (Å²) in [5.41, 5.74) is 2.19. The van der Waals surface area contributed by atoms with Crippen molar-refractivity contribution >= 4 is 0 Å². The predicted molar refractivity (Wildman–Crippen MR) is 114 cm³/mol. The zero-order chi connectivity index (χ0) is 19.3.